The summed E-state index contributed by atoms with van der Waals surface area (Å²) in [7, 11) is -0.741. The Morgan fingerprint density at radius 2 is 2.09 bits per heavy atom. The molecule has 2 rings (SSSR count). The van der Waals surface area contributed by atoms with Gasteiger partial charge in [0.05, 0.1) is 10.9 Å². The quantitative estimate of drug-likeness (QED) is 0.839. The highest BCUT2D eigenvalue weighted by Gasteiger charge is 2.35. The van der Waals surface area contributed by atoms with Crippen molar-refractivity contribution in [3.8, 4) is 0 Å². The average molecular weight is 349 g/mol. The smallest absolute Gasteiger partial charge is 0.246 e. The number of hydrogen-bond acceptors (Lipinski definition) is 3. The van der Waals surface area contributed by atoms with Crippen molar-refractivity contribution in [3.63, 3.8) is 0 Å². The molecule has 0 spiro atoms. The minimum atomic E-state index is -4.00. The number of carbonyl (C=O) groups is 1. The molecule has 0 radical (unpaired) electrons. The van der Waals surface area contributed by atoms with E-state index in [0.717, 1.165) is 4.31 Å². The maximum absolute atomic E-state index is 14.0. The molecule has 1 aliphatic rings. The van der Waals surface area contributed by atoms with Crippen molar-refractivity contribution >= 4 is 27.5 Å². The van der Waals surface area contributed by atoms with E-state index in [1.165, 1.54) is 23.1 Å². The Morgan fingerprint density at radius 3 is 2.73 bits per heavy atom. The third-order valence-corrected chi connectivity index (χ3v) is 5.88. The van der Waals surface area contributed by atoms with Gasteiger partial charge < -0.3 is 4.90 Å². The van der Waals surface area contributed by atoms with Crippen LogP contribution in [0.4, 0.5) is 4.39 Å². The van der Waals surface area contributed by atoms with Crippen LogP contribution in [0.3, 0.4) is 0 Å². The van der Waals surface area contributed by atoms with Crippen molar-refractivity contribution in [2.75, 3.05) is 27.2 Å². The van der Waals surface area contributed by atoms with E-state index >= 15 is 0 Å². The summed E-state index contributed by atoms with van der Waals surface area (Å²) in [5, 5.41) is -0.237. The number of amides is 1. The van der Waals surface area contributed by atoms with Crippen molar-refractivity contribution < 1.29 is 17.6 Å². The Kier molecular flexibility index (Phi) is 5.09. The number of nitrogens with zero attached hydrogens (tertiary/aromatic N) is 2. The highest BCUT2D eigenvalue weighted by molar-refractivity contribution is 7.89. The van der Waals surface area contributed by atoms with Gasteiger partial charge in [0.25, 0.3) is 0 Å². The van der Waals surface area contributed by atoms with Gasteiger partial charge in [0.1, 0.15) is 4.90 Å². The number of carbonyl (C=O) groups excluding carboxylic acids is 1. The van der Waals surface area contributed by atoms with Gasteiger partial charge in [0, 0.05) is 27.2 Å². The first-order chi connectivity index (χ1) is 10.2. The Bertz CT molecular complexity index is 679. The van der Waals surface area contributed by atoms with Gasteiger partial charge in [-0.2, -0.15) is 4.31 Å². The van der Waals surface area contributed by atoms with E-state index in [2.05, 4.69) is 0 Å². The van der Waals surface area contributed by atoms with E-state index in [9.17, 15) is 17.6 Å². The van der Waals surface area contributed by atoms with Crippen LogP contribution in [-0.2, 0) is 14.8 Å². The zero-order valence-corrected chi connectivity index (χ0v) is 14.0. The summed E-state index contributed by atoms with van der Waals surface area (Å²) in [6, 6.07) is 3.88. The first-order valence-electron chi connectivity index (χ1n) is 6.90. The van der Waals surface area contributed by atoms with Crippen molar-refractivity contribution in [1.82, 2.24) is 9.21 Å². The minimum absolute atomic E-state index is 0.0608. The summed E-state index contributed by atoms with van der Waals surface area (Å²) in [6.07, 6.45) is 1.19. The Labute approximate surface area is 134 Å². The number of halogens is 2. The summed E-state index contributed by atoms with van der Waals surface area (Å²) < 4.78 is 40.4. The largest absolute Gasteiger partial charge is 0.349 e. The fourth-order valence-electron chi connectivity index (χ4n) is 2.55. The number of hydrogen-bond donors (Lipinski definition) is 0. The molecule has 0 aliphatic carbocycles. The lowest BCUT2D eigenvalue weighted by Gasteiger charge is -2.32. The van der Waals surface area contributed by atoms with Crippen molar-refractivity contribution in [3.05, 3.63) is 29.0 Å². The molecule has 1 fully saturated rings. The minimum Gasteiger partial charge on any atom is -0.349 e. The van der Waals surface area contributed by atoms with Gasteiger partial charge in [0.2, 0.25) is 15.9 Å². The van der Waals surface area contributed by atoms with Crippen LogP contribution in [0.25, 0.3) is 0 Å². The number of piperidine rings is 1. The molecule has 22 heavy (non-hydrogen) atoms. The van der Waals surface area contributed by atoms with Crippen LogP contribution in [-0.4, -0.2) is 50.7 Å². The predicted molar refractivity (Wildman–Crippen MR) is 81.6 cm³/mol. The molecule has 5 nitrogen and oxygen atoms in total. The number of sulfonamides is 1. The Hall–Kier alpha value is -1.18. The maximum Gasteiger partial charge on any atom is 0.246 e. The maximum atomic E-state index is 14.0. The zero-order chi connectivity index (χ0) is 16.5. The van der Waals surface area contributed by atoms with Gasteiger partial charge in [-0.05, 0) is 25.0 Å². The predicted octanol–water partition coefficient (Wildman–Crippen LogP) is 1.97. The topological polar surface area (TPSA) is 57.7 Å². The van der Waals surface area contributed by atoms with E-state index < -0.39 is 26.7 Å². The highest BCUT2D eigenvalue weighted by Crippen LogP contribution is 2.28. The molecule has 1 saturated heterocycles. The van der Waals surface area contributed by atoms with E-state index in [-0.39, 0.29) is 24.0 Å². The number of benzene rings is 1. The molecule has 1 atom stereocenters. The van der Waals surface area contributed by atoms with E-state index in [1.807, 2.05) is 0 Å². The lowest BCUT2D eigenvalue weighted by atomic mass is 9.98. The molecule has 0 aromatic heterocycles. The third-order valence-electron chi connectivity index (χ3n) is 3.71. The van der Waals surface area contributed by atoms with E-state index in [1.54, 1.807) is 14.1 Å². The van der Waals surface area contributed by atoms with Crippen molar-refractivity contribution in [2.45, 2.75) is 17.7 Å². The van der Waals surface area contributed by atoms with Gasteiger partial charge in [-0.25, -0.2) is 12.8 Å². The van der Waals surface area contributed by atoms with Crippen LogP contribution in [0, 0.1) is 11.7 Å². The second-order valence-electron chi connectivity index (χ2n) is 5.49. The molecule has 0 bridgehead atoms. The van der Waals surface area contributed by atoms with Crippen LogP contribution < -0.4 is 0 Å². The molecular formula is C14H18ClFN2O3S. The van der Waals surface area contributed by atoms with Crippen LogP contribution in [0.1, 0.15) is 12.8 Å². The Balaban J connectivity index is 2.30. The summed E-state index contributed by atoms with van der Waals surface area (Å²) in [6.45, 7) is 0.330. The standard InChI is InChI=1S/C14H18ClFN2O3S/c1-17(2)14(19)10-5-4-8-18(9-10)22(20,21)12-7-3-6-11(15)13(12)16/h3,6-7,10H,4-5,8-9H2,1-2H3/t10-/m0/s1. The van der Waals surface area contributed by atoms with E-state index in [4.69, 9.17) is 11.6 Å². The van der Waals surface area contributed by atoms with Gasteiger partial charge in [-0.15, -0.1) is 0 Å². The molecule has 0 N–H and O–H groups in total. The fourth-order valence-corrected chi connectivity index (χ4v) is 4.39. The average Bonchev–Trinajstić information content (AvgIpc) is 2.49. The van der Waals surface area contributed by atoms with Crippen LogP contribution in [0.5, 0.6) is 0 Å². The van der Waals surface area contributed by atoms with Gasteiger partial charge >= 0.3 is 0 Å². The van der Waals surface area contributed by atoms with Crippen molar-refractivity contribution in [2.24, 2.45) is 5.92 Å². The highest BCUT2D eigenvalue weighted by atomic mass is 35.5. The van der Waals surface area contributed by atoms with Gasteiger partial charge in [0.15, 0.2) is 5.82 Å². The molecule has 0 unspecified atom stereocenters. The molecule has 122 valence electrons. The Morgan fingerprint density at radius 1 is 1.41 bits per heavy atom. The van der Waals surface area contributed by atoms with Gasteiger partial charge in [-0.1, -0.05) is 17.7 Å². The van der Waals surface area contributed by atoms with Crippen LogP contribution in [0.15, 0.2) is 23.1 Å². The number of rotatable bonds is 3. The molecule has 1 aliphatic heterocycles. The zero-order valence-electron chi connectivity index (χ0n) is 12.4. The molecule has 1 aromatic carbocycles. The molecule has 1 amide bonds. The lowest BCUT2D eigenvalue weighted by Crippen LogP contribution is -2.45. The first kappa shape index (κ1) is 17.2. The molecule has 1 aromatic rings. The molecule has 0 saturated carbocycles. The normalized spacial score (nSPS) is 19.9. The van der Waals surface area contributed by atoms with Crippen LogP contribution in [0.2, 0.25) is 5.02 Å². The third kappa shape index (κ3) is 3.26. The first-order valence-corrected chi connectivity index (χ1v) is 8.72. The summed E-state index contributed by atoms with van der Waals surface area (Å²) >= 11 is 5.66. The second kappa shape index (κ2) is 6.52. The summed E-state index contributed by atoms with van der Waals surface area (Å²) in [5.41, 5.74) is 0. The molecular weight excluding hydrogens is 331 g/mol. The van der Waals surface area contributed by atoms with Crippen molar-refractivity contribution in [1.29, 1.82) is 0 Å². The SMILES string of the molecule is CN(C)C(=O)[C@H]1CCCN(S(=O)(=O)c2cccc(Cl)c2F)C1. The second-order valence-corrected chi connectivity index (χ2v) is 7.80. The lowest BCUT2D eigenvalue weighted by molar-refractivity contribution is -0.134. The molecule has 1 heterocycles. The molecule has 8 heteroatoms. The van der Waals surface area contributed by atoms with Crippen LogP contribution >= 0.6 is 11.6 Å². The fraction of sp³-hybridized carbons (Fsp3) is 0.500. The summed E-state index contributed by atoms with van der Waals surface area (Å²) in [4.78, 5) is 13.0. The van der Waals surface area contributed by atoms with E-state index in [0.29, 0.717) is 12.8 Å². The van der Waals surface area contributed by atoms with Gasteiger partial charge in [-0.3, -0.25) is 4.79 Å². The summed E-state index contributed by atoms with van der Waals surface area (Å²) in [5.74, 6) is -1.47. The monoisotopic (exact) mass is 348 g/mol.